The molecule has 2 N–H and O–H groups in total. The number of morpholine rings is 1. The molecule has 20 heavy (non-hydrogen) atoms. The molecule has 0 radical (unpaired) electrons. The van der Waals surface area contributed by atoms with Crippen LogP contribution in [0.1, 0.15) is 13.8 Å². The second-order valence-electron chi connectivity index (χ2n) is 5.71. The van der Waals surface area contributed by atoms with Gasteiger partial charge in [0.2, 0.25) is 5.82 Å². The highest BCUT2D eigenvalue weighted by molar-refractivity contribution is 5.36. The fourth-order valence-corrected chi connectivity index (χ4v) is 2.46. The number of aryl methyl sites for hydroxylation is 1. The molecule has 0 aliphatic carbocycles. The van der Waals surface area contributed by atoms with Gasteiger partial charge in [0.15, 0.2) is 0 Å². The molecule has 1 aromatic rings. The average molecular weight is 283 g/mol. The maximum absolute atomic E-state index is 12.2. The second-order valence-corrected chi connectivity index (χ2v) is 5.71. The van der Waals surface area contributed by atoms with Crippen molar-refractivity contribution in [1.82, 2.24) is 14.3 Å². The standard InChI is InChI=1S/C12H21N5O3/c1-12(2)7-17(6-8(5-13)20-12)9-10(18)15(3)11(19)16(4)14-9/h8H,5-7,13H2,1-4H3. The molecule has 8 heteroatoms. The summed E-state index contributed by atoms with van der Waals surface area (Å²) in [5.41, 5.74) is 4.40. The summed E-state index contributed by atoms with van der Waals surface area (Å²) in [5.74, 6) is 0.254. The minimum absolute atomic E-state index is 0.164. The molecule has 1 aliphatic rings. The lowest BCUT2D eigenvalue weighted by atomic mass is 10.1. The van der Waals surface area contributed by atoms with Gasteiger partial charge in [0.1, 0.15) is 0 Å². The first-order valence-corrected chi connectivity index (χ1v) is 6.52. The first-order valence-electron chi connectivity index (χ1n) is 6.52. The summed E-state index contributed by atoms with van der Waals surface area (Å²) in [6.45, 7) is 5.25. The van der Waals surface area contributed by atoms with Crippen molar-refractivity contribution >= 4 is 5.82 Å². The van der Waals surface area contributed by atoms with Gasteiger partial charge in [0.25, 0.3) is 5.56 Å². The largest absolute Gasteiger partial charge is 0.367 e. The van der Waals surface area contributed by atoms with Crippen molar-refractivity contribution < 1.29 is 4.74 Å². The van der Waals surface area contributed by atoms with Gasteiger partial charge in [-0.05, 0) is 13.8 Å². The maximum Gasteiger partial charge on any atom is 0.346 e. The van der Waals surface area contributed by atoms with Crippen LogP contribution in [0.25, 0.3) is 0 Å². The van der Waals surface area contributed by atoms with Crippen molar-refractivity contribution in [1.29, 1.82) is 0 Å². The van der Waals surface area contributed by atoms with Gasteiger partial charge in [-0.25, -0.2) is 9.48 Å². The van der Waals surface area contributed by atoms with Crippen molar-refractivity contribution in [2.45, 2.75) is 25.6 Å². The van der Waals surface area contributed by atoms with E-state index in [1.807, 2.05) is 18.7 Å². The van der Waals surface area contributed by atoms with E-state index in [1.54, 1.807) is 0 Å². The lowest BCUT2D eigenvalue weighted by Gasteiger charge is -2.42. The molecule has 1 aromatic heterocycles. The van der Waals surface area contributed by atoms with Crippen LogP contribution in [0.15, 0.2) is 9.59 Å². The molecular weight excluding hydrogens is 262 g/mol. The minimum atomic E-state index is -0.443. The molecule has 0 saturated carbocycles. The summed E-state index contributed by atoms with van der Waals surface area (Å²) >= 11 is 0. The van der Waals surface area contributed by atoms with Gasteiger partial charge < -0.3 is 15.4 Å². The van der Waals surface area contributed by atoms with Crippen LogP contribution in [-0.4, -0.2) is 45.7 Å². The van der Waals surface area contributed by atoms with Gasteiger partial charge in [-0.2, -0.15) is 0 Å². The van der Waals surface area contributed by atoms with E-state index in [4.69, 9.17) is 10.5 Å². The predicted octanol–water partition coefficient (Wildman–Crippen LogP) is -1.58. The number of hydrogen-bond acceptors (Lipinski definition) is 6. The minimum Gasteiger partial charge on any atom is -0.367 e. The number of aromatic nitrogens is 3. The summed E-state index contributed by atoms with van der Waals surface area (Å²) in [6.07, 6.45) is -0.164. The summed E-state index contributed by atoms with van der Waals surface area (Å²) in [4.78, 5) is 25.7. The number of rotatable bonds is 2. The van der Waals surface area contributed by atoms with Crippen LogP contribution in [0.5, 0.6) is 0 Å². The Morgan fingerprint density at radius 3 is 2.65 bits per heavy atom. The molecule has 1 saturated heterocycles. The Morgan fingerprint density at radius 2 is 2.05 bits per heavy atom. The van der Waals surface area contributed by atoms with Gasteiger partial charge in [-0.3, -0.25) is 9.36 Å². The van der Waals surface area contributed by atoms with Crippen molar-refractivity contribution in [2.75, 3.05) is 24.5 Å². The van der Waals surface area contributed by atoms with Crippen LogP contribution >= 0.6 is 0 Å². The first kappa shape index (κ1) is 14.7. The Kier molecular flexibility index (Phi) is 3.70. The highest BCUT2D eigenvalue weighted by atomic mass is 16.5. The van der Waals surface area contributed by atoms with Crippen LogP contribution in [0.4, 0.5) is 5.82 Å². The van der Waals surface area contributed by atoms with Gasteiger partial charge in [-0.15, -0.1) is 5.10 Å². The zero-order valence-corrected chi connectivity index (χ0v) is 12.3. The third-order valence-electron chi connectivity index (χ3n) is 3.35. The molecule has 0 aromatic carbocycles. The molecule has 1 atom stereocenters. The van der Waals surface area contributed by atoms with E-state index in [0.717, 1.165) is 9.25 Å². The van der Waals surface area contributed by atoms with Crippen molar-refractivity contribution in [2.24, 2.45) is 19.8 Å². The Balaban J connectivity index is 2.46. The Bertz CT molecular complexity index is 618. The summed E-state index contributed by atoms with van der Waals surface area (Å²) in [6, 6.07) is 0. The monoisotopic (exact) mass is 283 g/mol. The third kappa shape index (κ3) is 2.61. The third-order valence-corrected chi connectivity index (χ3v) is 3.35. The lowest BCUT2D eigenvalue weighted by Crippen LogP contribution is -2.57. The van der Waals surface area contributed by atoms with Gasteiger partial charge in [0, 0.05) is 33.7 Å². The van der Waals surface area contributed by atoms with Gasteiger partial charge in [0.05, 0.1) is 11.7 Å². The Hall–Kier alpha value is -1.67. The van der Waals surface area contributed by atoms with Crippen LogP contribution in [0.3, 0.4) is 0 Å². The fourth-order valence-electron chi connectivity index (χ4n) is 2.46. The first-order chi connectivity index (χ1) is 9.25. The molecule has 1 unspecified atom stereocenters. The molecule has 8 nitrogen and oxygen atoms in total. The van der Waals surface area contributed by atoms with E-state index in [-0.39, 0.29) is 11.9 Å². The summed E-state index contributed by atoms with van der Waals surface area (Å²) < 4.78 is 8.05. The normalized spacial score (nSPS) is 22.1. The number of hydrogen-bond donors (Lipinski definition) is 1. The molecule has 0 amide bonds. The molecule has 112 valence electrons. The smallest absolute Gasteiger partial charge is 0.346 e. The number of nitrogens with zero attached hydrogens (tertiary/aromatic N) is 4. The van der Waals surface area contributed by atoms with E-state index < -0.39 is 16.9 Å². The van der Waals surface area contributed by atoms with Gasteiger partial charge >= 0.3 is 5.69 Å². The zero-order chi connectivity index (χ0) is 15.1. The topological polar surface area (TPSA) is 95.4 Å². The lowest BCUT2D eigenvalue weighted by molar-refractivity contribution is -0.0791. The fraction of sp³-hybridized carbons (Fsp3) is 0.750. The Labute approximate surface area is 116 Å². The highest BCUT2D eigenvalue weighted by Crippen LogP contribution is 2.22. The quantitative estimate of drug-likeness (QED) is 0.704. The molecule has 0 spiro atoms. The number of nitrogens with two attached hydrogens (primary N) is 1. The van der Waals surface area contributed by atoms with Crippen molar-refractivity contribution in [3.63, 3.8) is 0 Å². The van der Waals surface area contributed by atoms with Gasteiger partial charge in [-0.1, -0.05) is 0 Å². The second kappa shape index (κ2) is 5.02. The van der Waals surface area contributed by atoms with Crippen LogP contribution in [-0.2, 0) is 18.8 Å². The Morgan fingerprint density at radius 1 is 1.40 bits per heavy atom. The van der Waals surface area contributed by atoms with E-state index >= 15 is 0 Å². The number of anilines is 1. The van der Waals surface area contributed by atoms with E-state index in [1.165, 1.54) is 14.1 Å². The summed E-state index contributed by atoms with van der Waals surface area (Å²) in [5, 5.41) is 4.09. The predicted molar refractivity (Wildman–Crippen MR) is 74.9 cm³/mol. The molecule has 0 bridgehead atoms. The van der Waals surface area contributed by atoms with E-state index in [0.29, 0.717) is 19.6 Å². The number of ether oxygens (including phenoxy) is 1. The molecular formula is C12H21N5O3. The van der Waals surface area contributed by atoms with E-state index in [2.05, 4.69) is 5.10 Å². The van der Waals surface area contributed by atoms with Crippen molar-refractivity contribution in [3.05, 3.63) is 20.8 Å². The van der Waals surface area contributed by atoms with Crippen LogP contribution in [0, 0.1) is 0 Å². The molecule has 2 heterocycles. The molecule has 1 aliphatic heterocycles. The zero-order valence-electron chi connectivity index (χ0n) is 12.3. The maximum atomic E-state index is 12.2. The van der Waals surface area contributed by atoms with Crippen LogP contribution < -0.4 is 21.9 Å². The molecule has 2 rings (SSSR count). The van der Waals surface area contributed by atoms with E-state index in [9.17, 15) is 9.59 Å². The van der Waals surface area contributed by atoms with Crippen molar-refractivity contribution in [3.8, 4) is 0 Å². The summed E-state index contributed by atoms with van der Waals surface area (Å²) in [7, 11) is 2.97. The average Bonchev–Trinajstić information content (AvgIpc) is 2.38. The SMILES string of the molecule is Cn1nc(N2CC(CN)OC(C)(C)C2)c(=O)n(C)c1=O. The molecule has 1 fully saturated rings. The highest BCUT2D eigenvalue weighted by Gasteiger charge is 2.34. The van der Waals surface area contributed by atoms with Crippen LogP contribution in [0.2, 0.25) is 0 Å².